The van der Waals surface area contributed by atoms with E-state index >= 15 is 0 Å². The van der Waals surface area contributed by atoms with Crippen molar-refractivity contribution in [2.75, 3.05) is 13.1 Å². The molecule has 1 amide bonds. The van der Waals surface area contributed by atoms with Crippen molar-refractivity contribution in [2.45, 2.75) is 26.4 Å². The van der Waals surface area contributed by atoms with E-state index < -0.39 is 6.04 Å². The van der Waals surface area contributed by atoms with Gasteiger partial charge in [-0.2, -0.15) is 5.10 Å². The molecule has 1 fully saturated rings. The summed E-state index contributed by atoms with van der Waals surface area (Å²) in [5.74, 6) is 1.29. The molecule has 1 atom stereocenters. The van der Waals surface area contributed by atoms with Crippen LogP contribution >= 0.6 is 0 Å². The Hall–Kier alpha value is -3.71. The standard InChI is InChI=1S/C25H25N5O2/c1-17-23(18(2)30(28-17)20-11-7-4-8-12-20)24-25(31)26-13-14-29(24)16-22-27-15-21(32-22)19-9-5-3-6-10-19/h3-12,15,24H,13-14,16H2,1-2H3,(H,26,31). The van der Waals surface area contributed by atoms with Gasteiger partial charge >= 0.3 is 0 Å². The third-order valence-electron chi connectivity index (χ3n) is 5.88. The summed E-state index contributed by atoms with van der Waals surface area (Å²) < 4.78 is 7.93. The zero-order valence-corrected chi connectivity index (χ0v) is 18.2. The maximum absolute atomic E-state index is 13.0. The summed E-state index contributed by atoms with van der Waals surface area (Å²) in [6.45, 7) is 5.71. The summed E-state index contributed by atoms with van der Waals surface area (Å²) in [5.41, 5.74) is 4.69. The van der Waals surface area contributed by atoms with Crippen molar-refractivity contribution >= 4 is 5.91 Å². The van der Waals surface area contributed by atoms with Gasteiger partial charge in [-0.25, -0.2) is 9.67 Å². The molecule has 5 rings (SSSR count). The molecule has 7 heteroatoms. The number of oxazole rings is 1. The van der Waals surface area contributed by atoms with Crippen molar-refractivity contribution in [3.05, 3.63) is 89.7 Å². The van der Waals surface area contributed by atoms with Gasteiger partial charge in [0.25, 0.3) is 0 Å². The van der Waals surface area contributed by atoms with Gasteiger partial charge in [0.15, 0.2) is 5.76 Å². The van der Waals surface area contributed by atoms with Gasteiger partial charge in [-0.05, 0) is 26.0 Å². The van der Waals surface area contributed by atoms with E-state index in [2.05, 4.69) is 15.2 Å². The first-order valence-electron chi connectivity index (χ1n) is 10.8. The lowest BCUT2D eigenvalue weighted by atomic mass is 10.00. The third-order valence-corrected chi connectivity index (χ3v) is 5.88. The highest BCUT2D eigenvalue weighted by Gasteiger charge is 2.36. The highest BCUT2D eigenvalue weighted by Crippen LogP contribution is 2.31. The summed E-state index contributed by atoms with van der Waals surface area (Å²) in [5, 5.41) is 7.76. The Morgan fingerprint density at radius 3 is 2.53 bits per heavy atom. The van der Waals surface area contributed by atoms with E-state index in [1.54, 1.807) is 6.20 Å². The van der Waals surface area contributed by atoms with Gasteiger partial charge < -0.3 is 9.73 Å². The molecule has 7 nitrogen and oxygen atoms in total. The van der Waals surface area contributed by atoms with Crippen LogP contribution in [0.5, 0.6) is 0 Å². The van der Waals surface area contributed by atoms with Gasteiger partial charge in [0.1, 0.15) is 6.04 Å². The summed E-state index contributed by atoms with van der Waals surface area (Å²) in [6, 6.07) is 19.4. The number of aromatic nitrogens is 3. The Bertz CT molecular complexity index is 1230. The molecule has 0 saturated carbocycles. The minimum Gasteiger partial charge on any atom is -0.439 e. The van der Waals surface area contributed by atoms with Crippen LogP contribution in [0.25, 0.3) is 17.0 Å². The van der Waals surface area contributed by atoms with Gasteiger partial charge in [0, 0.05) is 29.9 Å². The molecule has 1 N–H and O–H groups in total. The number of aryl methyl sites for hydroxylation is 1. The van der Waals surface area contributed by atoms with Crippen LogP contribution in [0.2, 0.25) is 0 Å². The van der Waals surface area contributed by atoms with Gasteiger partial charge in [-0.1, -0.05) is 48.5 Å². The SMILES string of the molecule is Cc1nn(-c2ccccc2)c(C)c1C1C(=O)NCCN1Cc1ncc(-c2ccccc2)o1. The smallest absolute Gasteiger partial charge is 0.242 e. The van der Waals surface area contributed by atoms with Gasteiger partial charge in [-0.15, -0.1) is 0 Å². The maximum atomic E-state index is 13.0. The molecule has 3 heterocycles. The number of hydrogen-bond acceptors (Lipinski definition) is 5. The molecule has 0 radical (unpaired) electrons. The summed E-state index contributed by atoms with van der Waals surface area (Å²) in [7, 11) is 0. The van der Waals surface area contributed by atoms with E-state index in [4.69, 9.17) is 9.52 Å². The monoisotopic (exact) mass is 427 g/mol. The predicted octanol–water partition coefficient (Wildman–Crippen LogP) is 3.82. The Morgan fingerprint density at radius 1 is 1.06 bits per heavy atom. The van der Waals surface area contributed by atoms with E-state index in [1.165, 1.54) is 0 Å². The highest BCUT2D eigenvalue weighted by molar-refractivity contribution is 5.84. The molecule has 2 aromatic heterocycles. The van der Waals surface area contributed by atoms with Gasteiger partial charge in [0.2, 0.25) is 11.8 Å². The molecule has 1 aliphatic rings. The first-order chi connectivity index (χ1) is 15.6. The number of carbonyl (C=O) groups excluding carboxylic acids is 1. The van der Waals surface area contributed by atoms with E-state index in [-0.39, 0.29) is 5.91 Å². The number of piperazine rings is 1. The molecular weight excluding hydrogens is 402 g/mol. The topological polar surface area (TPSA) is 76.2 Å². The van der Waals surface area contributed by atoms with Gasteiger partial charge in [-0.3, -0.25) is 9.69 Å². The predicted molar refractivity (Wildman–Crippen MR) is 121 cm³/mol. The van der Waals surface area contributed by atoms with Crippen molar-refractivity contribution in [1.29, 1.82) is 0 Å². The van der Waals surface area contributed by atoms with E-state index in [9.17, 15) is 4.79 Å². The third kappa shape index (κ3) is 3.71. The fourth-order valence-electron chi connectivity index (χ4n) is 4.36. The average molecular weight is 428 g/mol. The molecule has 1 unspecified atom stereocenters. The van der Waals surface area contributed by atoms with E-state index in [1.807, 2.05) is 79.2 Å². The second-order valence-electron chi connectivity index (χ2n) is 7.98. The van der Waals surface area contributed by atoms with Crippen LogP contribution < -0.4 is 5.32 Å². The molecule has 0 spiro atoms. The van der Waals surface area contributed by atoms with E-state index in [0.29, 0.717) is 25.5 Å². The van der Waals surface area contributed by atoms with Crippen LogP contribution in [0.3, 0.4) is 0 Å². The fraction of sp³-hybridized carbons (Fsp3) is 0.240. The number of benzene rings is 2. The first-order valence-corrected chi connectivity index (χ1v) is 10.8. The Balaban J connectivity index is 1.46. The number of para-hydroxylation sites is 1. The van der Waals surface area contributed by atoms with Crippen molar-refractivity contribution in [3.8, 4) is 17.0 Å². The minimum absolute atomic E-state index is 0.0232. The average Bonchev–Trinajstić information content (AvgIpc) is 3.40. The molecule has 0 aliphatic carbocycles. The molecule has 32 heavy (non-hydrogen) atoms. The fourth-order valence-corrected chi connectivity index (χ4v) is 4.36. The number of carbonyl (C=O) groups is 1. The lowest BCUT2D eigenvalue weighted by molar-refractivity contribution is -0.129. The zero-order chi connectivity index (χ0) is 22.1. The van der Waals surface area contributed by atoms with Crippen LogP contribution in [0, 0.1) is 13.8 Å². The Kier molecular flexibility index (Phi) is 5.33. The second kappa shape index (κ2) is 8.43. The van der Waals surface area contributed by atoms with Crippen molar-refractivity contribution < 1.29 is 9.21 Å². The molecule has 162 valence electrons. The molecule has 1 saturated heterocycles. The van der Waals surface area contributed by atoms with Crippen molar-refractivity contribution in [1.82, 2.24) is 25.0 Å². The lowest BCUT2D eigenvalue weighted by Gasteiger charge is -2.34. The van der Waals surface area contributed by atoms with Crippen molar-refractivity contribution in [3.63, 3.8) is 0 Å². The molecule has 1 aliphatic heterocycles. The number of hydrogen-bond donors (Lipinski definition) is 1. The Morgan fingerprint density at radius 2 is 1.78 bits per heavy atom. The van der Waals surface area contributed by atoms with Crippen LogP contribution in [0.4, 0.5) is 0 Å². The Labute approximate surface area is 186 Å². The van der Waals surface area contributed by atoms with Gasteiger partial charge in [0.05, 0.1) is 24.1 Å². The van der Waals surface area contributed by atoms with Crippen molar-refractivity contribution in [2.24, 2.45) is 0 Å². The number of nitrogens with zero attached hydrogens (tertiary/aromatic N) is 4. The van der Waals surface area contributed by atoms with Crippen LogP contribution in [0.1, 0.15) is 28.9 Å². The zero-order valence-electron chi connectivity index (χ0n) is 18.2. The van der Waals surface area contributed by atoms with Crippen LogP contribution in [-0.4, -0.2) is 38.7 Å². The lowest BCUT2D eigenvalue weighted by Crippen LogP contribution is -2.49. The molecular formula is C25H25N5O2. The van der Waals surface area contributed by atoms with E-state index in [0.717, 1.165) is 34.0 Å². The summed E-state index contributed by atoms with van der Waals surface area (Å²) in [4.78, 5) is 19.6. The normalized spacial score (nSPS) is 16.8. The number of nitrogens with one attached hydrogen (secondary N) is 1. The highest BCUT2D eigenvalue weighted by atomic mass is 16.4. The molecule has 4 aromatic rings. The summed E-state index contributed by atoms with van der Waals surface area (Å²) >= 11 is 0. The largest absolute Gasteiger partial charge is 0.439 e. The molecule has 0 bridgehead atoms. The second-order valence-corrected chi connectivity index (χ2v) is 7.98. The minimum atomic E-state index is -0.451. The quantitative estimate of drug-likeness (QED) is 0.524. The summed E-state index contributed by atoms with van der Waals surface area (Å²) in [6.07, 6.45) is 1.74. The van der Waals surface area contributed by atoms with Crippen LogP contribution in [-0.2, 0) is 11.3 Å². The molecule has 2 aromatic carbocycles. The number of rotatable bonds is 5. The number of amides is 1. The first kappa shape index (κ1) is 20.2. The van der Waals surface area contributed by atoms with Crippen LogP contribution in [0.15, 0.2) is 71.3 Å². The maximum Gasteiger partial charge on any atom is 0.242 e.